The normalized spacial score (nSPS) is 11.0. The summed E-state index contributed by atoms with van der Waals surface area (Å²) >= 11 is 1.29. The van der Waals surface area contributed by atoms with Crippen molar-refractivity contribution in [2.45, 2.75) is 0 Å². The first-order chi connectivity index (χ1) is 10.5. The maximum atomic E-state index is 12.0. The van der Waals surface area contributed by atoms with E-state index in [-0.39, 0.29) is 16.5 Å². The zero-order valence-corrected chi connectivity index (χ0v) is 11.9. The summed E-state index contributed by atoms with van der Waals surface area (Å²) in [4.78, 5) is 26.3. The van der Waals surface area contributed by atoms with Crippen LogP contribution in [-0.2, 0) is 4.79 Å². The van der Waals surface area contributed by atoms with Crippen molar-refractivity contribution in [3.05, 3.63) is 36.2 Å². The second kappa shape index (κ2) is 5.24. The van der Waals surface area contributed by atoms with E-state index in [2.05, 4.69) is 4.98 Å². The van der Waals surface area contributed by atoms with Gasteiger partial charge in [-0.1, -0.05) is 18.2 Å². The predicted octanol–water partition coefficient (Wildman–Crippen LogP) is 2.07. The Balaban J connectivity index is 2.12. The highest BCUT2D eigenvalue weighted by atomic mass is 32.1. The highest BCUT2D eigenvalue weighted by Gasteiger charge is 2.23. The fraction of sp³-hybridized carbons (Fsp3) is 0.0714. The van der Waals surface area contributed by atoms with E-state index in [4.69, 9.17) is 5.11 Å². The van der Waals surface area contributed by atoms with Crippen LogP contribution in [-0.4, -0.2) is 43.9 Å². The van der Waals surface area contributed by atoms with Crippen LogP contribution in [0.1, 0.15) is 10.5 Å². The maximum Gasteiger partial charge on any atom is 0.325 e. The minimum absolute atomic E-state index is 0.00351. The minimum atomic E-state index is -1.38. The Morgan fingerprint density at radius 2 is 1.95 bits per heavy atom. The molecule has 7 nitrogen and oxygen atoms in total. The summed E-state index contributed by atoms with van der Waals surface area (Å²) in [5, 5.41) is 29.9. The van der Waals surface area contributed by atoms with Crippen LogP contribution in [0, 0.1) is 0 Å². The Morgan fingerprint density at radius 3 is 2.68 bits per heavy atom. The number of benzene rings is 1. The summed E-state index contributed by atoms with van der Waals surface area (Å²) in [6.45, 7) is -0.898. The number of aromatic nitrogens is 1. The standard InChI is InChI=1S/C14H10N2O5S/c17-10(18)6-16(21)14(20)11-12(19)13-8(5-15-11)7-3-1-2-4-9(7)22-13/h1-5,19,21H,6H2,(H,17,18). The Kier molecular flexibility index (Phi) is 3.39. The van der Waals surface area contributed by atoms with Crippen molar-refractivity contribution in [3.8, 4) is 5.75 Å². The highest BCUT2D eigenvalue weighted by Crippen LogP contribution is 2.39. The predicted molar refractivity (Wildman–Crippen MR) is 79.2 cm³/mol. The molecule has 0 fully saturated rings. The van der Waals surface area contributed by atoms with Gasteiger partial charge in [0.25, 0.3) is 5.91 Å². The first kappa shape index (κ1) is 14.2. The number of rotatable bonds is 3. The fourth-order valence-electron chi connectivity index (χ4n) is 2.15. The van der Waals surface area contributed by atoms with E-state index >= 15 is 0 Å². The summed E-state index contributed by atoms with van der Waals surface area (Å²) in [6.07, 6.45) is 1.43. The average Bonchev–Trinajstić information content (AvgIpc) is 2.86. The lowest BCUT2D eigenvalue weighted by molar-refractivity contribution is -0.146. The van der Waals surface area contributed by atoms with E-state index in [1.165, 1.54) is 17.5 Å². The number of carboxylic acids is 1. The number of aromatic hydroxyl groups is 1. The van der Waals surface area contributed by atoms with Gasteiger partial charge in [0.05, 0.1) is 4.70 Å². The van der Waals surface area contributed by atoms with Gasteiger partial charge < -0.3 is 10.2 Å². The molecule has 0 atom stereocenters. The fourth-order valence-corrected chi connectivity index (χ4v) is 3.27. The number of carbonyl (C=O) groups excluding carboxylic acids is 1. The number of carbonyl (C=O) groups is 2. The molecule has 0 unspecified atom stereocenters. The quantitative estimate of drug-likeness (QED) is 0.503. The monoisotopic (exact) mass is 318 g/mol. The molecule has 2 aromatic heterocycles. The molecule has 112 valence electrons. The van der Waals surface area contributed by atoms with E-state index in [0.717, 1.165) is 10.1 Å². The number of hydroxylamine groups is 2. The number of nitrogens with zero attached hydrogens (tertiary/aromatic N) is 2. The lowest BCUT2D eigenvalue weighted by Crippen LogP contribution is -2.33. The molecule has 1 aromatic carbocycles. The molecule has 0 spiro atoms. The van der Waals surface area contributed by atoms with Crippen molar-refractivity contribution >= 4 is 43.4 Å². The van der Waals surface area contributed by atoms with Gasteiger partial charge in [-0.15, -0.1) is 11.3 Å². The van der Waals surface area contributed by atoms with Crippen molar-refractivity contribution in [1.29, 1.82) is 0 Å². The zero-order chi connectivity index (χ0) is 15.9. The molecule has 3 aromatic rings. The number of amides is 1. The van der Waals surface area contributed by atoms with Crippen LogP contribution in [0.5, 0.6) is 5.75 Å². The molecule has 0 saturated carbocycles. The van der Waals surface area contributed by atoms with Gasteiger partial charge in [0, 0.05) is 21.7 Å². The van der Waals surface area contributed by atoms with Gasteiger partial charge in [0.2, 0.25) is 0 Å². The van der Waals surface area contributed by atoms with Crippen molar-refractivity contribution < 1.29 is 25.0 Å². The molecule has 0 aliphatic carbocycles. The van der Waals surface area contributed by atoms with E-state index in [9.17, 15) is 19.9 Å². The van der Waals surface area contributed by atoms with Crippen LogP contribution in [0.15, 0.2) is 30.5 Å². The molecule has 8 heteroatoms. The van der Waals surface area contributed by atoms with Gasteiger partial charge >= 0.3 is 5.97 Å². The van der Waals surface area contributed by atoms with E-state index in [1.54, 1.807) is 0 Å². The van der Waals surface area contributed by atoms with Crippen LogP contribution in [0.25, 0.3) is 20.2 Å². The molecule has 3 N–H and O–H groups in total. The number of aliphatic carboxylic acids is 1. The molecule has 0 radical (unpaired) electrons. The number of hydrogen-bond acceptors (Lipinski definition) is 6. The van der Waals surface area contributed by atoms with E-state index in [0.29, 0.717) is 10.1 Å². The number of carboxylic acid groups (broad SMARTS) is 1. The summed E-state index contributed by atoms with van der Waals surface area (Å²) in [5.41, 5.74) is -0.386. The molecule has 2 heterocycles. The minimum Gasteiger partial charge on any atom is -0.504 e. The third-order valence-electron chi connectivity index (χ3n) is 3.12. The van der Waals surface area contributed by atoms with Crippen molar-refractivity contribution in [1.82, 2.24) is 10.0 Å². The highest BCUT2D eigenvalue weighted by molar-refractivity contribution is 7.26. The van der Waals surface area contributed by atoms with Crippen LogP contribution in [0.2, 0.25) is 0 Å². The molecule has 3 rings (SSSR count). The van der Waals surface area contributed by atoms with Crippen LogP contribution in [0.3, 0.4) is 0 Å². The van der Waals surface area contributed by atoms with Crippen molar-refractivity contribution in [2.24, 2.45) is 0 Å². The topological polar surface area (TPSA) is 111 Å². The van der Waals surface area contributed by atoms with Crippen molar-refractivity contribution in [2.75, 3.05) is 6.54 Å². The smallest absolute Gasteiger partial charge is 0.325 e. The van der Waals surface area contributed by atoms with Gasteiger partial charge in [-0.05, 0) is 6.07 Å². The van der Waals surface area contributed by atoms with Crippen LogP contribution < -0.4 is 0 Å². The van der Waals surface area contributed by atoms with Crippen LogP contribution in [0.4, 0.5) is 0 Å². The second-order valence-corrected chi connectivity index (χ2v) is 5.61. The summed E-state index contributed by atoms with van der Waals surface area (Å²) in [5.74, 6) is -2.81. The lowest BCUT2D eigenvalue weighted by atomic mass is 10.2. The first-order valence-electron chi connectivity index (χ1n) is 6.20. The average molecular weight is 318 g/mol. The first-order valence-corrected chi connectivity index (χ1v) is 7.02. The van der Waals surface area contributed by atoms with Gasteiger partial charge in [-0.2, -0.15) is 0 Å². The van der Waals surface area contributed by atoms with Gasteiger partial charge in [0.1, 0.15) is 6.54 Å². The molecule has 22 heavy (non-hydrogen) atoms. The SMILES string of the molecule is O=C(O)CN(O)C(=O)c1ncc2c(sc3ccccc32)c1O. The number of pyridine rings is 1. The van der Waals surface area contributed by atoms with Crippen molar-refractivity contribution in [3.63, 3.8) is 0 Å². The van der Waals surface area contributed by atoms with Gasteiger partial charge in [0.15, 0.2) is 11.4 Å². The van der Waals surface area contributed by atoms with E-state index in [1.807, 2.05) is 24.3 Å². The number of hydrogen-bond donors (Lipinski definition) is 3. The molecule has 0 bridgehead atoms. The molecule has 0 aliphatic rings. The summed E-state index contributed by atoms with van der Waals surface area (Å²) < 4.78 is 1.38. The Morgan fingerprint density at radius 1 is 1.23 bits per heavy atom. The molecule has 0 saturated heterocycles. The Bertz CT molecular complexity index is 905. The van der Waals surface area contributed by atoms with Crippen LogP contribution >= 0.6 is 11.3 Å². The molecular formula is C14H10N2O5S. The Labute approximate surface area is 127 Å². The van der Waals surface area contributed by atoms with Gasteiger partial charge in [-0.25, -0.2) is 10.0 Å². The lowest BCUT2D eigenvalue weighted by Gasteiger charge is -2.12. The molecular weight excluding hydrogens is 308 g/mol. The third kappa shape index (κ3) is 2.24. The summed E-state index contributed by atoms with van der Waals surface area (Å²) in [6, 6.07) is 7.47. The number of thiophene rings is 1. The Hall–Kier alpha value is -2.71. The summed E-state index contributed by atoms with van der Waals surface area (Å²) in [7, 11) is 0. The second-order valence-electron chi connectivity index (χ2n) is 4.55. The molecule has 0 aliphatic heterocycles. The van der Waals surface area contributed by atoms with E-state index < -0.39 is 18.4 Å². The van der Waals surface area contributed by atoms with Gasteiger partial charge in [-0.3, -0.25) is 14.8 Å². The third-order valence-corrected chi connectivity index (χ3v) is 4.31. The number of fused-ring (bicyclic) bond motifs is 3. The largest absolute Gasteiger partial charge is 0.504 e. The zero-order valence-electron chi connectivity index (χ0n) is 11.1. The molecule has 1 amide bonds. The maximum absolute atomic E-state index is 12.0.